The molecule has 1 saturated heterocycles. The molecule has 2 heterocycles. The van der Waals surface area contributed by atoms with Gasteiger partial charge in [-0.15, -0.1) is 11.3 Å². The van der Waals surface area contributed by atoms with Crippen molar-refractivity contribution in [2.75, 3.05) is 6.61 Å². The molecular formula is C8H9NO2S. The van der Waals surface area contributed by atoms with E-state index in [1.807, 2.05) is 19.1 Å². The summed E-state index contributed by atoms with van der Waals surface area (Å²) in [7, 11) is 0. The second kappa shape index (κ2) is 2.79. The van der Waals surface area contributed by atoms with Gasteiger partial charge in [0.2, 0.25) is 0 Å². The Morgan fingerprint density at radius 1 is 1.67 bits per heavy atom. The molecule has 2 rings (SSSR count). The maximum Gasteiger partial charge on any atom is 0.407 e. The largest absolute Gasteiger partial charge is 0.447 e. The van der Waals surface area contributed by atoms with Gasteiger partial charge in [0.1, 0.15) is 12.6 Å². The molecule has 0 aliphatic carbocycles. The van der Waals surface area contributed by atoms with E-state index in [9.17, 15) is 4.79 Å². The smallest absolute Gasteiger partial charge is 0.407 e. The third kappa shape index (κ3) is 1.30. The molecule has 1 N–H and O–H groups in total. The van der Waals surface area contributed by atoms with Gasteiger partial charge in [0, 0.05) is 9.75 Å². The van der Waals surface area contributed by atoms with E-state index in [1.54, 1.807) is 11.3 Å². The lowest BCUT2D eigenvalue weighted by molar-refractivity contribution is 0.177. The maximum absolute atomic E-state index is 10.7. The fraction of sp³-hybridized carbons (Fsp3) is 0.375. The van der Waals surface area contributed by atoms with Crippen LogP contribution in [0.3, 0.4) is 0 Å². The summed E-state index contributed by atoms with van der Waals surface area (Å²) in [5.41, 5.74) is 0. The highest BCUT2D eigenvalue weighted by Crippen LogP contribution is 2.25. The number of aryl methyl sites for hydroxylation is 1. The molecule has 1 atom stereocenters. The first-order valence-corrected chi connectivity index (χ1v) is 4.57. The monoisotopic (exact) mass is 183 g/mol. The third-order valence-corrected chi connectivity index (χ3v) is 2.89. The lowest BCUT2D eigenvalue weighted by Gasteiger charge is -2.01. The number of carbonyl (C=O) groups is 1. The van der Waals surface area contributed by atoms with Gasteiger partial charge in [-0.3, -0.25) is 0 Å². The van der Waals surface area contributed by atoms with Crippen LogP contribution in [0.1, 0.15) is 15.8 Å². The fourth-order valence-corrected chi connectivity index (χ4v) is 2.09. The van der Waals surface area contributed by atoms with Crippen molar-refractivity contribution in [3.63, 3.8) is 0 Å². The van der Waals surface area contributed by atoms with Crippen molar-refractivity contribution < 1.29 is 9.53 Å². The number of cyclic esters (lactones) is 1. The van der Waals surface area contributed by atoms with Crippen molar-refractivity contribution in [3.8, 4) is 0 Å². The molecule has 3 nitrogen and oxygen atoms in total. The summed E-state index contributed by atoms with van der Waals surface area (Å²) in [5.74, 6) is 0. The number of amides is 1. The first kappa shape index (κ1) is 7.61. The fourth-order valence-electron chi connectivity index (χ4n) is 1.18. The molecule has 4 heteroatoms. The van der Waals surface area contributed by atoms with Crippen molar-refractivity contribution >= 4 is 17.4 Å². The minimum absolute atomic E-state index is 0.0659. The predicted molar refractivity (Wildman–Crippen MR) is 46.3 cm³/mol. The highest BCUT2D eigenvalue weighted by Gasteiger charge is 2.24. The van der Waals surface area contributed by atoms with Crippen LogP contribution in [0.4, 0.5) is 4.79 Å². The quantitative estimate of drug-likeness (QED) is 0.721. The molecule has 1 amide bonds. The molecule has 1 aromatic rings. The van der Waals surface area contributed by atoms with Gasteiger partial charge in [-0.2, -0.15) is 0 Å². The van der Waals surface area contributed by atoms with Crippen LogP contribution >= 0.6 is 11.3 Å². The molecule has 1 aliphatic rings. The van der Waals surface area contributed by atoms with Gasteiger partial charge < -0.3 is 10.1 Å². The van der Waals surface area contributed by atoms with E-state index in [4.69, 9.17) is 4.74 Å². The summed E-state index contributed by atoms with van der Waals surface area (Å²) >= 11 is 1.69. The summed E-state index contributed by atoms with van der Waals surface area (Å²) in [5, 5.41) is 2.73. The van der Waals surface area contributed by atoms with Crippen molar-refractivity contribution in [1.82, 2.24) is 5.32 Å². The maximum atomic E-state index is 10.7. The second-order valence-electron chi connectivity index (χ2n) is 2.74. The molecule has 0 aromatic carbocycles. The average Bonchev–Trinajstić information content (AvgIpc) is 2.58. The first-order valence-electron chi connectivity index (χ1n) is 3.75. The van der Waals surface area contributed by atoms with Gasteiger partial charge in [-0.25, -0.2) is 4.79 Å². The van der Waals surface area contributed by atoms with Crippen LogP contribution in [-0.2, 0) is 4.74 Å². The Morgan fingerprint density at radius 2 is 2.50 bits per heavy atom. The molecule has 1 fully saturated rings. The Bertz CT molecular complexity index is 308. The number of ether oxygens (including phenoxy) is 1. The third-order valence-electron chi connectivity index (χ3n) is 1.78. The average molecular weight is 183 g/mol. The van der Waals surface area contributed by atoms with Crippen LogP contribution in [0.25, 0.3) is 0 Å². The number of rotatable bonds is 1. The Morgan fingerprint density at radius 3 is 3.00 bits per heavy atom. The van der Waals surface area contributed by atoms with E-state index in [2.05, 4.69) is 5.32 Å². The van der Waals surface area contributed by atoms with Crippen molar-refractivity contribution in [2.24, 2.45) is 0 Å². The topological polar surface area (TPSA) is 38.3 Å². The SMILES string of the molecule is Cc1ccc([C@@H]2COC(=O)N2)s1. The lowest BCUT2D eigenvalue weighted by Crippen LogP contribution is -2.17. The predicted octanol–water partition coefficient (Wildman–Crippen LogP) is 1.84. The zero-order valence-corrected chi connectivity index (χ0v) is 7.48. The molecule has 0 spiro atoms. The minimum Gasteiger partial charge on any atom is -0.447 e. The Hall–Kier alpha value is -1.03. The van der Waals surface area contributed by atoms with Crippen LogP contribution in [-0.4, -0.2) is 12.7 Å². The molecule has 12 heavy (non-hydrogen) atoms. The number of thiophene rings is 1. The van der Waals surface area contributed by atoms with Crippen LogP contribution in [0.5, 0.6) is 0 Å². The van der Waals surface area contributed by atoms with Crippen LogP contribution in [0, 0.1) is 6.92 Å². The second-order valence-corrected chi connectivity index (χ2v) is 4.06. The van der Waals surface area contributed by atoms with Crippen LogP contribution < -0.4 is 5.32 Å². The summed E-state index contributed by atoms with van der Waals surface area (Å²) in [6.45, 7) is 2.50. The van der Waals surface area contributed by atoms with Gasteiger partial charge in [-0.05, 0) is 19.1 Å². The molecular weight excluding hydrogens is 174 g/mol. The van der Waals surface area contributed by atoms with Crippen molar-refractivity contribution in [3.05, 3.63) is 21.9 Å². The van der Waals surface area contributed by atoms with E-state index in [1.165, 1.54) is 9.75 Å². The van der Waals surface area contributed by atoms with Gasteiger partial charge >= 0.3 is 6.09 Å². The molecule has 0 bridgehead atoms. The normalized spacial score (nSPS) is 22.1. The summed E-state index contributed by atoms with van der Waals surface area (Å²) in [6.07, 6.45) is -0.314. The highest BCUT2D eigenvalue weighted by molar-refractivity contribution is 7.12. The molecule has 0 radical (unpaired) electrons. The summed E-state index contributed by atoms with van der Waals surface area (Å²) < 4.78 is 4.79. The highest BCUT2D eigenvalue weighted by atomic mass is 32.1. The molecule has 1 aromatic heterocycles. The Labute approximate surface area is 74.4 Å². The number of nitrogens with one attached hydrogen (secondary N) is 1. The molecule has 1 aliphatic heterocycles. The summed E-state index contributed by atoms with van der Waals surface area (Å²) in [6, 6.07) is 4.14. The molecule has 0 saturated carbocycles. The van der Waals surface area contributed by atoms with Gasteiger partial charge in [-0.1, -0.05) is 0 Å². The van der Waals surface area contributed by atoms with Gasteiger partial charge in [0.25, 0.3) is 0 Å². The number of carbonyl (C=O) groups excluding carboxylic acids is 1. The Kier molecular flexibility index (Phi) is 1.77. The molecule has 0 unspecified atom stereocenters. The van der Waals surface area contributed by atoms with Crippen LogP contribution in [0.15, 0.2) is 12.1 Å². The first-order chi connectivity index (χ1) is 5.75. The van der Waals surface area contributed by atoms with Gasteiger partial charge in [0.05, 0.1) is 0 Å². The zero-order valence-electron chi connectivity index (χ0n) is 6.66. The van der Waals surface area contributed by atoms with E-state index < -0.39 is 0 Å². The minimum atomic E-state index is -0.314. The Balaban J connectivity index is 2.15. The standard InChI is InChI=1S/C8H9NO2S/c1-5-2-3-7(12-5)6-4-11-8(10)9-6/h2-3,6H,4H2,1H3,(H,9,10)/t6-/m0/s1. The van der Waals surface area contributed by atoms with E-state index in [0.29, 0.717) is 6.61 Å². The number of hydrogen-bond donors (Lipinski definition) is 1. The number of alkyl carbamates (subject to hydrolysis) is 1. The lowest BCUT2D eigenvalue weighted by atomic mass is 10.3. The molecule has 64 valence electrons. The van der Waals surface area contributed by atoms with E-state index in [0.717, 1.165) is 0 Å². The number of hydrogen-bond acceptors (Lipinski definition) is 3. The van der Waals surface area contributed by atoms with E-state index in [-0.39, 0.29) is 12.1 Å². The van der Waals surface area contributed by atoms with Crippen molar-refractivity contribution in [2.45, 2.75) is 13.0 Å². The van der Waals surface area contributed by atoms with E-state index >= 15 is 0 Å². The van der Waals surface area contributed by atoms with Crippen LogP contribution in [0.2, 0.25) is 0 Å². The van der Waals surface area contributed by atoms with Crippen molar-refractivity contribution in [1.29, 1.82) is 0 Å². The van der Waals surface area contributed by atoms with Gasteiger partial charge in [0.15, 0.2) is 0 Å². The zero-order chi connectivity index (χ0) is 8.55. The summed E-state index contributed by atoms with van der Waals surface area (Å²) in [4.78, 5) is 13.1.